The number of para-hydroxylation sites is 1. The molecule has 0 N–H and O–H groups in total. The maximum Gasteiger partial charge on any atom is 0.279 e. The fraction of sp³-hybridized carbons (Fsp3) is 0.263. The summed E-state index contributed by atoms with van der Waals surface area (Å²) in [6, 6.07) is 7.91. The van der Waals surface area contributed by atoms with Crippen molar-refractivity contribution in [3.63, 3.8) is 0 Å². The molecule has 2 aromatic carbocycles. The number of hydrogen-bond acceptors (Lipinski definition) is 5. The molecule has 27 heavy (non-hydrogen) atoms. The zero-order valence-corrected chi connectivity index (χ0v) is 16.2. The molecule has 0 aliphatic heterocycles. The molecule has 0 spiro atoms. The summed E-state index contributed by atoms with van der Waals surface area (Å²) in [7, 11) is 4.44. The summed E-state index contributed by atoms with van der Waals surface area (Å²) in [5.41, 5.74) is 0.728. The molecule has 0 unspecified atom stereocenters. The van der Waals surface area contributed by atoms with Crippen molar-refractivity contribution >= 4 is 27.5 Å². The van der Waals surface area contributed by atoms with E-state index < -0.39 is 5.91 Å². The zero-order chi connectivity index (χ0) is 19.6. The second kappa shape index (κ2) is 7.79. The quantitative estimate of drug-likeness (QED) is 0.667. The Morgan fingerprint density at radius 1 is 1.15 bits per heavy atom. The number of aryl methyl sites for hydroxylation is 1. The van der Waals surface area contributed by atoms with Gasteiger partial charge in [-0.2, -0.15) is 4.99 Å². The fourth-order valence-corrected chi connectivity index (χ4v) is 3.93. The Morgan fingerprint density at radius 3 is 2.37 bits per heavy atom. The molecule has 3 rings (SSSR count). The molecule has 0 saturated heterocycles. The third-order valence-corrected chi connectivity index (χ3v) is 5.12. The first-order valence-electron chi connectivity index (χ1n) is 8.20. The van der Waals surface area contributed by atoms with Crippen LogP contribution in [0.3, 0.4) is 0 Å². The van der Waals surface area contributed by atoms with Gasteiger partial charge in [0.25, 0.3) is 5.91 Å². The van der Waals surface area contributed by atoms with Crippen molar-refractivity contribution in [2.24, 2.45) is 4.99 Å². The molecule has 1 heterocycles. The number of ether oxygens (including phenoxy) is 3. The van der Waals surface area contributed by atoms with Gasteiger partial charge in [0, 0.05) is 12.1 Å². The molecule has 0 fully saturated rings. The van der Waals surface area contributed by atoms with E-state index >= 15 is 0 Å². The van der Waals surface area contributed by atoms with Crippen LogP contribution in [0.2, 0.25) is 0 Å². The average Bonchev–Trinajstić information content (AvgIpc) is 3.04. The van der Waals surface area contributed by atoms with Crippen molar-refractivity contribution in [1.82, 2.24) is 4.57 Å². The molecule has 6 nitrogen and oxygen atoms in total. The standard InChI is InChI=1S/C19H19FN2O4S/c1-5-22-16-12(20)7-6-8-15(16)27-19(22)21-18(23)11-9-13(24-2)17(26-4)14(10-11)25-3/h6-10H,5H2,1-4H3. The lowest BCUT2D eigenvalue weighted by Crippen LogP contribution is -2.16. The van der Waals surface area contributed by atoms with Gasteiger partial charge in [0.15, 0.2) is 16.3 Å². The van der Waals surface area contributed by atoms with Gasteiger partial charge in [-0.1, -0.05) is 17.4 Å². The van der Waals surface area contributed by atoms with E-state index in [1.54, 1.807) is 16.7 Å². The average molecular weight is 390 g/mol. The molecule has 0 aliphatic rings. The summed E-state index contributed by atoms with van der Waals surface area (Å²) in [5.74, 6) is 0.294. The smallest absolute Gasteiger partial charge is 0.279 e. The van der Waals surface area contributed by atoms with Gasteiger partial charge in [-0.3, -0.25) is 4.79 Å². The molecule has 8 heteroatoms. The lowest BCUT2D eigenvalue weighted by atomic mass is 10.1. The van der Waals surface area contributed by atoms with E-state index in [2.05, 4.69) is 4.99 Å². The zero-order valence-electron chi connectivity index (χ0n) is 15.4. The first-order valence-corrected chi connectivity index (χ1v) is 9.02. The monoisotopic (exact) mass is 390 g/mol. The summed E-state index contributed by atoms with van der Waals surface area (Å²) in [6.07, 6.45) is 0. The van der Waals surface area contributed by atoms with Crippen LogP contribution in [0.1, 0.15) is 17.3 Å². The van der Waals surface area contributed by atoms with Crippen molar-refractivity contribution < 1.29 is 23.4 Å². The van der Waals surface area contributed by atoms with Crippen LogP contribution in [-0.2, 0) is 6.54 Å². The predicted octanol–water partition coefficient (Wildman–Crippen LogP) is 3.63. The van der Waals surface area contributed by atoms with Crippen LogP contribution >= 0.6 is 11.3 Å². The van der Waals surface area contributed by atoms with Gasteiger partial charge in [0.1, 0.15) is 5.82 Å². The Morgan fingerprint density at radius 2 is 1.81 bits per heavy atom. The Hall–Kier alpha value is -2.87. The number of carbonyl (C=O) groups excluding carboxylic acids is 1. The van der Waals surface area contributed by atoms with Crippen LogP contribution in [0.5, 0.6) is 17.2 Å². The molecule has 0 radical (unpaired) electrons. The number of hydrogen-bond donors (Lipinski definition) is 0. The van der Waals surface area contributed by atoms with Gasteiger partial charge in [-0.15, -0.1) is 0 Å². The number of carbonyl (C=O) groups is 1. The molecular formula is C19H19FN2O4S. The Balaban J connectivity index is 2.15. The minimum atomic E-state index is -0.483. The first-order chi connectivity index (χ1) is 13.0. The lowest BCUT2D eigenvalue weighted by Gasteiger charge is -2.12. The van der Waals surface area contributed by atoms with Gasteiger partial charge in [0.05, 0.1) is 31.5 Å². The highest BCUT2D eigenvalue weighted by atomic mass is 32.1. The highest BCUT2D eigenvalue weighted by Gasteiger charge is 2.17. The number of nitrogens with zero attached hydrogens (tertiary/aromatic N) is 2. The predicted molar refractivity (Wildman–Crippen MR) is 101 cm³/mol. The Labute approximate surface area is 159 Å². The van der Waals surface area contributed by atoms with Crippen LogP contribution < -0.4 is 19.0 Å². The van der Waals surface area contributed by atoms with Crippen LogP contribution in [0.4, 0.5) is 4.39 Å². The number of methoxy groups -OCH3 is 3. The number of fused-ring (bicyclic) bond motifs is 1. The number of halogens is 1. The van der Waals surface area contributed by atoms with E-state index in [9.17, 15) is 9.18 Å². The largest absolute Gasteiger partial charge is 0.493 e. The van der Waals surface area contributed by atoms with Crippen molar-refractivity contribution in [2.75, 3.05) is 21.3 Å². The Bertz CT molecular complexity index is 1050. The molecule has 3 aromatic rings. The summed E-state index contributed by atoms with van der Waals surface area (Å²) in [4.78, 5) is 17.4. The van der Waals surface area contributed by atoms with E-state index in [1.165, 1.54) is 50.9 Å². The highest BCUT2D eigenvalue weighted by molar-refractivity contribution is 7.16. The Kier molecular flexibility index (Phi) is 5.46. The van der Waals surface area contributed by atoms with Gasteiger partial charge in [0.2, 0.25) is 5.75 Å². The summed E-state index contributed by atoms with van der Waals surface area (Å²) < 4.78 is 32.4. The van der Waals surface area contributed by atoms with Crippen LogP contribution in [0.15, 0.2) is 35.3 Å². The van der Waals surface area contributed by atoms with E-state index in [4.69, 9.17) is 14.2 Å². The molecule has 1 amide bonds. The molecule has 1 aromatic heterocycles. The second-order valence-electron chi connectivity index (χ2n) is 5.55. The number of rotatable bonds is 5. The molecule has 0 aliphatic carbocycles. The molecule has 0 atom stereocenters. The van der Waals surface area contributed by atoms with Gasteiger partial charge in [-0.25, -0.2) is 4.39 Å². The van der Waals surface area contributed by atoms with E-state index in [-0.39, 0.29) is 11.4 Å². The molecular weight excluding hydrogens is 371 g/mol. The lowest BCUT2D eigenvalue weighted by molar-refractivity contribution is 0.0997. The molecule has 0 bridgehead atoms. The van der Waals surface area contributed by atoms with Gasteiger partial charge < -0.3 is 18.8 Å². The topological polar surface area (TPSA) is 62.1 Å². The number of thiazole rings is 1. The van der Waals surface area contributed by atoms with E-state index in [0.717, 1.165) is 4.70 Å². The van der Waals surface area contributed by atoms with E-state index in [1.807, 2.05) is 6.92 Å². The maximum absolute atomic E-state index is 14.2. The number of aromatic nitrogens is 1. The maximum atomic E-state index is 14.2. The van der Waals surface area contributed by atoms with Crippen molar-refractivity contribution in [1.29, 1.82) is 0 Å². The fourth-order valence-electron chi connectivity index (χ4n) is 2.82. The SMILES string of the molecule is CCn1c(=NC(=O)c2cc(OC)c(OC)c(OC)c2)sc2cccc(F)c21. The minimum absolute atomic E-state index is 0.282. The summed E-state index contributed by atoms with van der Waals surface area (Å²) >= 11 is 1.26. The van der Waals surface area contributed by atoms with Crippen LogP contribution in [0.25, 0.3) is 10.2 Å². The third kappa shape index (κ3) is 3.40. The van der Waals surface area contributed by atoms with Gasteiger partial charge in [-0.05, 0) is 31.2 Å². The summed E-state index contributed by atoms with van der Waals surface area (Å²) in [6.45, 7) is 2.36. The number of amides is 1. The molecule has 0 saturated carbocycles. The summed E-state index contributed by atoms with van der Waals surface area (Å²) in [5, 5.41) is 0. The first kappa shape index (κ1) is 18.9. The van der Waals surface area contributed by atoms with Crippen molar-refractivity contribution in [3.05, 3.63) is 46.5 Å². The van der Waals surface area contributed by atoms with Crippen molar-refractivity contribution in [2.45, 2.75) is 13.5 Å². The second-order valence-corrected chi connectivity index (χ2v) is 6.56. The normalized spacial score (nSPS) is 11.7. The van der Waals surface area contributed by atoms with Crippen molar-refractivity contribution in [3.8, 4) is 17.2 Å². The van der Waals surface area contributed by atoms with Crippen LogP contribution in [-0.4, -0.2) is 31.8 Å². The molecule has 142 valence electrons. The minimum Gasteiger partial charge on any atom is -0.493 e. The van der Waals surface area contributed by atoms with Gasteiger partial charge >= 0.3 is 0 Å². The highest BCUT2D eigenvalue weighted by Crippen LogP contribution is 2.38. The van der Waals surface area contributed by atoms with E-state index in [0.29, 0.717) is 34.1 Å². The third-order valence-electron chi connectivity index (χ3n) is 4.08. The number of benzene rings is 2. The van der Waals surface area contributed by atoms with Crippen LogP contribution in [0, 0.1) is 5.82 Å².